The monoisotopic (exact) mass is 339 g/mol. The molecule has 1 fully saturated rings. The van der Waals surface area contributed by atoms with Crippen LogP contribution in [0.1, 0.15) is 38.3 Å². The average Bonchev–Trinajstić information content (AvgIpc) is 2.63. The zero-order chi connectivity index (χ0) is 17.6. The number of hydrogen-bond donors (Lipinski definition) is 2. The minimum Gasteiger partial charge on any atom is -0.356 e. The molecule has 1 aromatic heterocycles. The van der Waals surface area contributed by atoms with E-state index in [4.69, 9.17) is 0 Å². The van der Waals surface area contributed by atoms with Crippen LogP contribution in [0.2, 0.25) is 0 Å². The lowest BCUT2D eigenvalue weighted by molar-refractivity contribution is -0.115. The van der Waals surface area contributed by atoms with Gasteiger partial charge in [0.25, 0.3) is 0 Å². The van der Waals surface area contributed by atoms with Crippen molar-refractivity contribution in [3.05, 3.63) is 36.0 Å². The highest BCUT2D eigenvalue weighted by Crippen LogP contribution is 2.22. The first-order valence-corrected chi connectivity index (χ1v) is 8.91. The molecule has 1 amide bonds. The Morgan fingerprint density at radius 3 is 2.44 bits per heavy atom. The maximum absolute atomic E-state index is 11.4. The number of piperidine rings is 1. The molecule has 2 aromatic rings. The number of carbonyl (C=O) groups excluding carboxylic acids is 1. The Morgan fingerprint density at radius 1 is 1.08 bits per heavy atom. The van der Waals surface area contributed by atoms with Gasteiger partial charge in [-0.15, -0.1) is 0 Å². The molecule has 25 heavy (non-hydrogen) atoms. The molecule has 1 aliphatic heterocycles. The summed E-state index contributed by atoms with van der Waals surface area (Å²) in [5, 5.41) is 6.10. The molecule has 0 atom stereocenters. The van der Waals surface area contributed by atoms with Crippen LogP contribution >= 0.6 is 0 Å². The summed E-state index contributed by atoms with van der Waals surface area (Å²) in [5.41, 5.74) is 2.63. The largest absolute Gasteiger partial charge is 0.356 e. The van der Waals surface area contributed by atoms with Crippen molar-refractivity contribution < 1.29 is 4.79 Å². The van der Waals surface area contributed by atoms with Crippen LogP contribution in [0.25, 0.3) is 0 Å². The van der Waals surface area contributed by atoms with Gasteiger partial charge in [0.05, 0.1) is 0 Å². The highest BCUT2D eigenvalue weighted by Gasteiger charge is 2.14. The van der Waals surface area contributed by atoms with Gasteiger partial charge in [-0.1, -0.05) is 6.92 Å². The number of benzene rings is 1. The molecule has 1 aromatic carbocycles. The van der Waals surface area contributed by atoms with Gasteiger partial charge in [0.1, 0.15) is 5.82 Å². The van der Waals surface area contributed by atoms with E-state index in [1.54, 1.807) is 0 Å². The maximum Gasteiger partial charge on any atom is 0.229 e. The molecule has 0 aliphatic carbocycles. The second-order valence-corrected chi connectivity index (χ2v) is 6.34. The number of aryl methyl sites for hydroxylation is 1. The lowest BCUT2D eigenvalue weighted by atomic mass is 10.1. The van der Waals surface area contributed by atoms with E-state index in [2.05, 4.69) is 25.5 Å². The summed E-state index contributed by atoms with van der Waals surface area (Å²) in [4.78, 5) is 22.9. The zero-order valence-corrected chi connectivity index (χ0v) is 14.9. The van der Waals surface area contributed by atoms with Gasteiger partial charge in [-0.05, 0) is 50.5 Å². The number of aromatic nitrogens is 2. The van der Waals surface area contributed by atoms with Gasteiger partial charge < -0.3 is 15.5 Å². The Labute approximate surface area is 148 Å². The molecular weight excluding hydrogens is 314 g/mol. The first kappa shape index (κ1) is 17.2. The minimum atomic E-state index is 0.00824. The van der Waals surface area contributed by atoms with Crippen molar-refractivity contribution in [2.24, 2.45) is 0 Å². The Bertz CT molecular complexity index is 723. The fourth-order valence-electron chi connectivity index (χ4n) is 2.91. The Balaban J connectivity index is 1.71. The highest BCUT2D eigenvalue weighted by atomic mass is 16.1. The van der Waals surface area contributed by atoms with Crippen LogP contribution < -0.4 is 15.5 Å². The second-order valence-electron chi connectivity index (χ2n) is 6.34. The smallest absolute Gasteiger partial charge is 0.229 e. The lowest BCUT2D eigenvalue weighted by Gasteiger charge is -2.28. The van der Waals surface area contributed by atoms with E-state index in [0.717, 1.165) is 36.0 Å². The molecular formula is C19H25N5O. The standard InChI is InChI=1S/C19H25N5O/c1-3-18(25)21-15-7-9-16(10-8-15)22-19-20-14(2)13-17(23-19)24-11-5-4-6-12-24/h7-10,13H,3-6,11-12H2,1-2H3,(H,21,25)(H,20,22,23). The van der Waals surface area contributed by atoms with E-state index in [-0.39, 0.29) is 5.91 Å². The number of anilines is 4. The van der Waals surface area contributed by atoms with Gasteiger partial charge in [-0.2, -0.15) is 4.98 Å². The normalized spacial score (nSPS) is 14.2. The third-order valence-corrected chi connectivity index (χ3v) is 4.27. The quantitative estimate of drug-likeness (QED) is 0.865. The second kappa shape index (κ2) is 7.96. The SMILES string of the molecule is CCC(=O)Nc1ccc(Nc2nc(C)cc(N3CCCCC3)n2)cc1. The Morgan fingerprint density at radius 2 is 1.76 bits per heavy atom. The van der Waals surface area contributed by atoms with Crippen molar-refractivity contribution in [1.82, 2.24) is 9.97 Å². The van der Waals surface area contributed by atoms with Crippen LogP contribution in [0.15, 0.2) is 30.3 Å². The van der Waals surface area contributed by atoms with Gasteiger partial charge in [0.15, 0.2) is 0 Å². The minimum absolute atomic E-state index is 0.00824. The molecule has 132 valence electrons. The van der Waals surface area contributed by atoms with Crippen molar-refractivity contribution in [2.75, 3.05) is 28.6 Å². The van der Waals surface area contributed by atoms with Crippen LogP contribution in [-0.4, -0.2) is 29.0 Å². The number of nitrogens with zero attached hydrogens (tertiary/aromatic N) is 3. The molecule has 0 bridgehead atoms. The summed E-state index contributed by atoms with van der Waals surface area (Å²) in [7, 11) is 0. The first-order valence-electron chi connectivity index (χ1n) is 8.91. The molecule has 3 rings (SSSR count). The van der Waals surface area contributed by atoms with Crippen LogP contribution in [-0.2, 0) is 4.79 Å². The summed E-state index contributed by atoms with van der Waals surface area (Å²) < 4.78 is 0. The van der Waals surface area contributed by atoms with Crippen LogP contribution in [0.4, 0.5) is 23.1 Å². The van der Waals surface area contributed by atoms with Crippen LogP contribution in [0.5, 0.6) is 0 Å². The molecule has 2 N–H and O–H groups in total. The van der Waals surface area contributed by atoms with Crippen LogP contribution in [0.3, 0.4) is 0 Å². The molecule has 6 nitrogen and oxygen atoms in total. The Kier molecular flexibility index (Phi) is 5.48. The maximum atomic E-state index is 11.4. The number of carbonyl (C=O) groups is 1. The third-order valence-electron chi connectivity index (χ3n) is 4.27. The number of nitrogens with one attached hydrogen (secondary N) is 2. The van der Waals surface area contributed by atoms with Gasteiger partial charge >= 0.3 is 0 Å². The topological polar surface area (TPSA) is 70.2 Å². The number of amides is 1. The number of rotatable bonds is 5. The van der Waals surface area contributed by atoms with E-state index in [9.17, 15) is 4.79 Å². The van der Waals surface area contributed by atoms with E-state index in [0.29, 0.717) is 12.4 Å². The zero-order valence-electron chi connectivity index (χ0n) is 14.9. The fourth-order valence-corrected chi connectivity index (χ4v) is 2.91. The van der Waals surface area contributed by atoms with E-state index >= 15 is 0 Å². The fraction of sp³-hybridized carbons (Fsp3) is 0.421. The summed E-state index contributed by atoms with van der Waals surface area (Å²) in [6.45, 7) is 5.94. The Hall–Kier alpha value is -2.63. The van der Waals surface area contributed by atoms with Crippen molar-refractivity contribution in [3.8, 4) is 0 Å². The number of hydrogen-bond acceptors (Lipinski definition) is 5. The van der Waals surface area contributed by atoms with Gasteiger partial charge in [0.2, 0.25) is 11.9 Å². The van der Waals surface area contributed by atoms with Crippen molar-refractivity contribution in [2.45, 2.75) is 39.5 Å². The van der Waals surface area contributed by atoms with Crippen molar-refractivity contribution in [3.63, 3.8) is 0 Å². The van der Waals surface area contributed by atoms with Crippen molar-refractivity contribution in [1.29, 1.82) is 0 Å². The summed E-state index contributed by atoms with van der Waals surface area (Å²) in [5.74, 6) is 1.60. The summed E-state index contributed by atoms with van der Waals surface area (Å²) >= 11 is 0. The van der Waals surface area contributed by atoms with E-state index < -0.39 is 0 Å². The lowest BCUT2D eigenvalue weighted by Crippen LogP contribution is -2.30. The molecule has 1 saturated heterocycles. The molecule has 0 saturated carbocycles. The van der Waals surface area contributed by atoms with E-state index in [1.807, 2.05) is 44.2 Å². The molecule has 0 unspecified atom stereocenters. The molecule has 1 aliphatic rings. The molecule has 2 heterocycles. The molecule has 6 heteroatoms. The van der Waals surface area contributed by atoms with E-state index in [1.165, 1.54) is 19.3 Å². The predicted molar refractivity (Wildman–Crippen MR) is 101 cm³/mol. The predicted octanol–water partition coefficient (Wildman–Crippen LogP) is 3.87. The van der Waals surface area contributed by atoms with Crippen molar-refractivity contribution >= 4 is 29.0 Å². The van der Waals surface area contributed by atoms with Crippen LogP contribution in [0, 0.1) is 6.92 Å². The molecule has 0 radical (unpaired) electrons. The van der Waals surface area contributed by atoms with Gasteiger partial charge in [-0.25, -0.2) is 4.98 Å². The summed E-state index contributed by atoms with van der Waals surface area (Å²) in [6.07, 6.45) is 4.20. The first-order chi connectivity index (χ1) is 12.1. The van der Waals surface area contributed by atoms with Gasteiger partial charge in [0, 0.05) is 42.6 Å². The third kappa shape index (κ3) is 4.68. The average molecular weight is 339 g/mol. The summed E-state index contributed by atoms with van der Waals surface area (Å²) in [6, 6.07) is 9.61. The van der Waals surface area contributed by atoms with Gasteiger partial charge in [-0.3, -0.25) is 4.79 Å². The molecule has 0 spiro atoms. The highest BCUT2D eigenvalue weighted by molar-refractivity contribution is 5.90.